The standard InChI is InChI=1S/C13H13Cl3N4OS2/c1-3-17-12-19-20-13(23-12)22-6(2)11(21)18-10-5-8(15)7(14)4-9(10)16/h4-6H,3H2,1-2H3,(H,17,19)(H,18,21). The molecule has 1 heterocycles. The number of hydrogen-bond donors (Lipinski definition) is 2. The number of nitrogens with zero attached hydrogens (tertiary/aromatic N) is 2. The van der Waals surface area contributed by atoms with Crippen LogP contribution < -0.4 is 10.6 Å². The van der Waals surface area contributed by atoms with Crippen molar-refractivity contribution >= 4 is 74.6 Å². The number of aromatic nitrogens is 2. The fourth-order valence-electron chi connectivity index (χ4n) is 1.54. The Morgan fingerprint density at radius 2 is 1.96 bits per heavy atom. The fourth-order valence-corrected chi connectivity index (χ4v) is 4.10. The van der Waals surface area contributed by atoms with E-state index in [-0.39, 0.29) is 11.2 Å². The summed E-state index contributed by atoms with van der Waals surface area (Å²) in [5, 5.41) is 15.2. The van der Waals surface area contributed by atoms with Crippen molar-refractivity contribution in [1.29, 1.82) is 0 Å². The molecule has 0 fully saturated rings. The topological polar surface area (TPSA) is 66.9 Å². The summed E-state index contributed by atoms with van der Waals surface area (Å²) in [7, 11) is 0. The number of nitrogens with one attached hydrogen (secondary N) is 2. The minimum absolute atomic E-state index is 0.213. The van der Waals surface area contributed by atoms with E-state index in [2.05, 4.69) is 20.8 Å². The van der Waals surface area contributed by atoms with Crippen molar-refractivity contribution in [3.05, 3.63) is 27.2 Å². The van der Waals surface area contributed by atoms with Crippen molar-refractivity contribution in [2.24, 2.45) is 0 Å². The molecule has 0 saturated heterocycles. The molecule has 0 aliphatic rings. The maximum Gasteiger partial charge on any atom is 0.237 e. The minimum atomic E-state index is -0.372. The molecule has 0 radical (unpaired) electrons. The van der Waals surface area contributed by atoms with Gasteiger partial charge in [-0.3, -0.25) is 4.79 Å². The maximum atomic E-state index is 12.3. The zero-order chi connectivity index (χ0) is 17.0. The quantitative estimate of drug-likeness (QED) is 0.514. The highest BCUT2D eigenvalue weighted by molar-refractivity contribution is 8.02. The Bertz CT molecular complexity index is 711. The average Bonchev–Trinajstić information content (AvgIpc) is 2.92. The highest BCUT2D eigenvalue weighted by atomic mass is 35.5. The second kappa shape index (κ2) is 8.39. The van der Waals surface area contributed by atoms with E-state index in [1.807, 2.05) is 6.92 Å². The molecule has 5 nitrogen and oxygen atoms in total. The number of halogens is 3. The lowest BCUT2D eigenvalue weighted by Crippen LogP contribution is -2.22. The van der Waals surface area contributed by atoms with E-state index >= 15 is 0 Å². The molecule has 124 valence electrons. The van der Waals surface area contributed by atoms with Crippen molar-refractivity contribution in [2.75, 3.05) is 17.2 Å². The van der Waals surface area contributed by atoms with Crippen molar-refractivity contribution < 1.29 is 4.79 Å². The Morgan fingerprint density at radius 3 is 2.65 bits per heavy atom. The first kappa shape index (κ1) is 18.6. The third-order valence-electron chi connectivity index (χ3n) is 2.65. The van der Waals surface area contributed by atoms with Gasteiger partial charge < -0.3 is 10.6 Å². The summed E-state index contributed by atoms with van der Waals surface area (Å²) >= 11 is 20.6. The summed E-state index contributed by atoms with van der Waals surface area (Å²) in [5.41, 5.74) is 0.420. The number of carbonyl (C=O) groups excluding carboxylic acids is 1. The van der Waals surface area contributed by atoms with Gasteiger partial charge in [0.2, 0.25) is 11.0 Å². The van der Waals surface area contributed by atoms with Gasteiger partial charge in [0.05, 0.1) is 26.0 Å². The van der Waals surface area contributed by atoms with E-state index in [1.54, 1.807) is 6.92 Å². The molecule has 1 atom stereocenters. The van der Waals surface area contributed by atoms with Crippen LogP contribution in [0.5, 0.6) is 0 Å². The molecule has 0 saturated carbocycles. The van der Waals surface area contributed by atoms with Gasteiger partial charge >= 0.3 is 0 Å². The molecule has 0 spiro atoms. The number of hydrogen-bond acceptors (Lipinski definition) is 6. The number of rotatable bonds is 6. The Morgan fingerprint density at radius 1 is 1.26 bits per heavy atom. The lowest BCUT2D eigenvalue weighted by Gasteiger charge is -2.12. The monoisotopic (exact) mass is 410 g/mol. The lowest BCUT2D eigenvalue weighted by molar-refractivity contribution is -0.115. The zero-order valence-electron chi connectivity index (χ0n) is 12.2. The van der Waals surface area contributed by atoms with Gasteiger partial charge in [-0.1, -0.05) is 57.9 Å². The number of amides is 1. The molecule has 2 rings (SSSR count). The number of benzene rings is 1. The van der Waals surface area contributed by atoms with Crippen LogP contribution in [-0.2, 0) is 4.79 Å². The second-order valence-electron chi connectivity index (χ2n) is 4.40. The third kappa shape index (κ3) is 5.12. The number of anilines is 2. The molecule has 1 aromatic heterocycles. The van der Waals surface area contributed by atoms with E-state index in [4.69, 9.17) is 34.8 Å². The summed E-state index contributed by atoms with van der Waals surface area (Å²) in [6, 6.07) is 3.02. The molecule has 1 unspecified atom stereocenters. The Labute approximate surface area is 157 Å². The number of carbonyl (C=O) groups is 1. The summed E-state index contributed by atoms with van der Waals surface area (Å²) in [4.78, 5) is 12.3. The highest BCUT2D eigenvalue weighted by Gasteiger charge is 2.19. The van der Waals surface area contributed by atoms with Crippen molar-refractivity contribution in [1.82, 2.24) is 10.2 Å². The molecule has 1 amide bonds. The van der Waals surface area contributed by atoms with Crippen LogP contribution in [0.15, 0.2) is 16.5 Å². The van der Waals surface area contributed by atoms with Crippen molar-refractivity contribution in [3.8, 4) is 0 Å². The molecule has 0 aliphatic carbocycles. The summed E-state index contributed by atoms with van der Waals surface area (Å²) in [6.45, 7) is 4.52. The molecule has 2 N–H and O–H groups in total. The van der Waals surface area contributed by atoms with Crippen LogP contribution in [0.2, 0.25) is 15.1 Å². The Balaban J connectivity index is 2.00. The fraction of sp³-hybridized carbons (Fsp3) is 0.308. The molecule has 2 aromatic rings. The Kier molecular flexibility index (Phi) is 6.79. The van der Waals surface area contributed by atoms with Crippen LogP contribution in [0.4, 0.5) is 10.8 Å². The van der Waals surface area contributed by atoms with Crippen LogP contribution >= 0.6 is 57.9 Å². The predicted octanol–water partition coefficient (Wildman–Crippen LogP) is 5.05. The second-order valence-corrected chi connectivity index (χ2v) is 8.19. The molecular weight excluding hydrogens is 399 g/mol. The first-order valence-electron chi connectivity index (χ1n) is 6.60. The van der Waals surface area contributed by atoms with Crippen LogP contribution in [-0.4, -0.2) is 27.9 Å². The Hall–Kier alpha value is -0.730. The van der Waals surface area contributed by atoms with Gasteiger partial charge in [-0.05, 0) is 26.0 Å². The van der Waals surface area contributed by atoms with Gasteiger partial charge in [-0.2, -0.15) is 0 Å². The first-order valence-corrected chi connectivity index (χ1v) is 9.43. The highest BCUT2D eigenvalue weighted by Crippen LogP contribution is 2.33. The molecule has 0 aliphatic heterocycles. The first-order chi connectivity index (χ1) is 10.9. The average molecular weight is 412 g/mol. The lowest BCUT2D eigenvalue weighted by atomic mass is 10.3. The van der Waals surface area contributed by atoms with E-state index in [0.717, 1.165) is 11.7 Å². The minimum Gasteiger partial charge on any atom is -0.360 e. The van der Waals surface area contributed by atoms with Crippen molar-refractivity contribution in [2.45, 2.75) is 23.4 Å². The van der Waals surface area contributed by atoms with Crippen LogP contribution in [0.1, 0.15) is 13.8 Å². The smallest absolute Gasteiger partial charge is 0.237 e. The normalized spacial score (nSPS) is 12.0. The van der Waals surface area contributed by atoms with E-state index < -0.39 is 0 Å². The van der Waals surface area contributed by atoms with Gasteiger partial charge in [-0.15, -0.1) is 10.2 Å². The van der Waals surface area contributed by atoms with Crippen LogP contribution in [0.25, 0.3) is 0 Å². The molecule has 0 bridgehead atoms. The summed E-state index contributed by atoms with van der Waals surface area (Å²) in [6.07, 6.45) is 0. The molecular formula is C13H13Cl3N4OS2. The third-order valence-corrected chi connectivity index (χ3v) is 5.75. The molecule has 23 heavy (non-hydrogen) atoms. The zero-order valence-corrected chi connectivity index (χ0v) is 16.1. The van der Waals surface area contributed by atoms with Crippen LogP contribution in [0.3, 0.4) is 0 Å². The molecule has 10 heteroatoms. The van der Waals surface area contributed by atoms with Crippen LogP contribution in [0, 0.1) is 0 Å². The van der Waals surface area contributed by atoms with Gasteiger partial charge in [0.1, 0.15) is 0 Å². The largest absolute Gasteiger partial charge is 0.360 e. The van der Waals surface area contributed by atoms with E-state index in [0.29, 0.717) is 25.1 Å². The van der Waals surface area contributed by atoms with E-state index in [1.165, 1.54) is 35.2 Å². The van der Waals surface area contributed by atoms with Gasteiger partial charge in [0.25, 0.3) is 0 Å². The maximum absolute atomic E-state index is 12.3. The van der Waals surface area contributed by atoms with Gasteiger partial charge in [-0.25, -0.2) is 0 Å². The summed E-state index contributed by atoms with van der Waals surface area (Å²) < 4.78 is 0.712. The SMILES string of the molecule is CCNc1nnc(SC(C)C(=O)Nc2cc(Cl)c(Cl)cc2Cl)s1. The number of thioether (sulfide) groups is 1. The van der Waals surface area contributed by atoms with E-state index in [9.17, 15) is 4.79 Å². The predicted molar refractivity (Wildman–Crippen MR) is 99.5 cm³/mol. The molecule has 1 aromatic carbocycles. The van der Waals surface area contributed by atoms with Crippen molar-refractivity contribution in [3.63, 3.8) is 0 Å². The van der Waals surface area contributed by atoms with Gasteiger partial charge in [0, 0.05) is 6.54 Å². The summed E-state index contributed by atoms with van der Waals surface area (Å²) in [5.74, 6) is -0.213. The van der Waals surface area contributed by atoms with Gasteiger partial charge in [0.15, 0.2) is 4.34 Å².